The fourth-order valence-electron chi connectivity index (χ4n) is 2.87. The average molecular weight is 355 g/mol. The molecular formula is C17H27BrN2O. The molecule has 0 unspecified atom stereocenters. The van der Waals surface area contributed by atoms with Crippen LogP contribution in [0.1, 0.15) is 33.3 Å². The molecule has 3 nitrogen and oxygen atoms in total. The van der Waals surface area contributed by atoms with Crippen LogP contribution in [0.3, 0.4) is 0 Å². The van der Waals surface area contributed by atoms with Crippen LogP contribution in [-0.4, -0.2) is 31.8 Å². The number of morpholine rings is 1. The minimum Gasteiger partial charge on any atom is -0.372 e. The van der Waals surface area contributed by atoms with Gasteiger partial charge in [0, 0.05) is 29.8 Å². The monoisotopic (exact) mass is 354 g/mol. The Morgan fingerprint density at radius 3 is 2.57 bits per heavy atom. The van der Waals surface area contributed by atoms with Gasteiger partial charge in [-0.3, -0.25) is 0 Å². The molecule has 21 heavy (non-hydrogen) atoms. The lowest BCUT2D eigenvalue weighted by molar-refractivity contribution is -0.00526. The van der Waals surface area contributed by atoms with E-state index in [0.717, 1.165) is 30.7 Å². The number of anilines is 1. The number of ether oxygens (including phenoxy) is 1. The van der Waals surface area contributed by atoms with Crippen LogP contribution >= 0.6 is 15.9 Å². The van der Waals surface area contributed by atoms with Gasteiger partial charge in [0.1, 0.15) is 0 Å². The molecule has 1 heterocycles. The third-order valence-corrected chi connectivity index (χ3v) is 4.16. The first kappa shape index (κ1) is 16.8. The van der Waals surface area contributed by atoms with Gasteiger partial charge in [-0.1, -0.05) is 29.8 Å². The molecule has 0 bridgehead atoms. The van der Waals surface area contributed by atoms with Crippen LogP contribution in [0.5, 0.6) is 0 Å². The molecule has 0 saturated carbocycles. The lowest BCUT2D eigenvalue weighted by Crippen LogP contribution is -2.46. The van der Waals surface area contributed by atoms with Crippen molar-refractivity contribution in [3.63, 3.8) is 0 Å². The Hall–Kier alpha value is -0.580. The van der Waals surface area contributed by atoms with Crippen LogP contribution in [0.25, 0.3) is 0 Å². The summed E-state index contributed by atoms with van der Waals surface area (Å²) in [4.78, 5) is 2.46. The van der Waals surface area contributed by atoms with Crippen LogP contribution in [0.4, 0.5) is 5.69 Å². The molecule has 0 aliphatic carbocycles. The lowest BCUT2D eigenvalue weighted by atomic mass is 10.1. The topological polar surface area (TPSA) is 24.5 Å². The molecule has 1 N–H and O–H groups in total. The van der Waals surface area contributed by atoms with Gasteiger partial charge in [-0.2, -0.15) is 0 Å². The largest absolute Gasteiger partial charge is 0.372 e. The number of nitrogens with zero attached hydrogens (tertiary/aromatic N) is 1. The number of benzene rings is 1. The van der Waals surface area contributed by atoms with Crippen molar-refractivity contribution in [1.29, 1.82) is 0 Å². The van der Waals surface area contributed by atoms with Crippen LogP contribution in [-0.2, 0) is 11.3 Å². The zero-order chi connectivity index (χ0) is 15.4. The number of hydrogen-bond donors (Lipinski definition) is 1. The summed E-state index contributed by atoms with van der Waals surface area (Å²) < 4.78 is 6.99. The van der Waals surface area contributed by atoms with Crippen LogP contribution in [0.15, 0.2) is 22.7 Å². The Kier molecular flexibility index (Phi) is 6.08. The first-order valence-corrected chi connectivity index (χ1v) is 8.64. The normalized spacial score (nSPS) is 22.9. The third-order valence-electron chi connectivity index (χ3n) is 3.67. The van der Waals surface area contributed by atoms with Crippen molar-refractivity contribution in [2.45, 2.75) is 46.4 Å². The van der Waals surface area contributed by atoms with Crippen LogP contribution in [0.2, 0.25) is 0 Å². The summed E-state index contributed by atoms with van der Waals surface area (Å²) in [7, 11) is 0. The Morgan fingerprint density at radius 1 is 1.29 bits per heavy atom. The van der Waals surface area contributed by atoms with E-state index in [1.807, 2.05) is 0 Å². The number of hydrogen-bond acceptors (Lipinski definition) is 3. The van der Waals surface area contributed by atoms with E-state index in [1.165, 1.54) is 11.3 Å². The second kappa shape index (κ2) is 7.61. The second-order valence-electron chi connectivity index (χ2n) is 6.46. The zero-order valence-corrected chi connectivity index (χ0v) is 15.1. The summed E-state index contributed by atoms with van der Waals surface area (Å²) in [5.74, 6) is 0.670. The summed E-state index contributed by atoms with van der Waals surface area (Å²) in [6.07, 6.45) is 0.572. The van der Waals surface area contributed by atoms with Gasteiger partial charge in [-0.05, 0) is 50.1 Å². The molecule has 118 valence electrons. The molecule has 1 aliphatic heterocycles. The van der Waals surface area contributed by atoms with Gasteiger partial charge in [-0.25, -0.2) is 0 Å². The molecule has 1 fully saturated rings. The third kappa shape index (κ3) is 4.97. The van der Waals surface area contributed by atoms with Crippen LogP contribution < -0.4 is 10.2 Å². The molecule has 1 aromatic rings. The second-order valence-corrected chi connectivity index (χ2v) is 7.38. The minimum absolute atomic E-state index is 0.286. The zero-order valence-electron chi connectivity index (χ0n) is 13.5. The van der Waals surface area contributed by atoms with E-state index in [2.05, 4.69) is 72.0 Å². The summed E-state index contributed by atoms with van der Waals surface area (Å²) in [5, 5.41) is 3.55. The predicted molar refractivity (Wildman–Crippen MR) is 92.9 cm³/mol. The molecule has 1 saturated heterocycles. The molecule has 1 aromatic carbocycles. The standard InChI is InChI=1S/C17H27BrN2O/c1-12(2)8-19-9-15-7-16(18)5-6-17(15)20-10-13(3)21-14(4)11-20/h5-7,12-14,19H,8-11H2,1-4H3/t13-,14+. The lowest BCUT2D eigenvalue weighted by Gasteiger charge is -2.38. The first-order valence-electron chi connectivity index (χ1n) is 7.85. The van der Waals surface area contributed by atoms with Crippen molar-refractivity contribution in [3.8, 4) is 0 Å². The van der Waals surface area contributed by atoms with Gasteiger partial charge in [0.2, 0.25) is 0 Å². The molecule has 1 aliphatic rings. The van der Waals surface area contributed by atoms with Gasteiger partial charge in [0.15, 0.2) is 0 Å². The molecule has 4 heteroatoms. The molecule has 2 rings (SSSR count). The van der Waals surface area contributed by atoms with Gasteiger partial charge in [0.25, 0.3) is 0 Å². The summed E-state index contributed by atoms with van der Waals surface area (Å²) in [6.45, 7) is 12.7. The highest BCUT2D eigenvalue weighted by atomic mass is 79.9. The van der Waals surface area contributed by atoms with E-state index < -0.39 is 0 Å². The van der Waals surface area contributed by atoms with Gasteiger partial charge < -0.3 is 15.0 Å². The van der Waals surface area contributed by atoms with Crippen molar-refractivity contribution in [2.24, 2.45) is 5.92 Å². The van der Waals surface area contributed by atoms with Crippen molar-refractivity contribution >= 4 is 21.6 Å². The Labute approximate surface area is 137 Å². The van der Waals surface area contributed by atoms with E-state index in [1.54, 1.807) is 0 Å². The Bertz CT molecular complexity index is 454. The van der Waals surface area contributed by atoms with Gasteiger partial charge in [-0.15, -0.1) is 0 Å². The summed E-state index contributed by atoms with van der Waals surface area (Å²) in [5.41, 5.74) is 2.68. The van der Waals surface area contributed by atoms with Gasteiger partial charge >= 0.3 is 0 Å². The highest BCUT2D eigenvalue weighted by Gasteiger charge is 2.23. The molecule has 0 radical (unpaired) electrons. The average Bonchev–Trinajstić information content (AvgIpc) is 2.37. The summed E-state index contributed by atoms with van der Waals surface area (Å²) in [6, 6.07) is 6.58. The van der Waals surface area contributed by atoms with E-state index in [4.69, 9.17) is 4.74 Å². The highest BCUT2D eigenvalue weighted by Crippen LogP contribution is 2.27. The summed E-state index contributed by atoms with van der Waals surface area (Å²) >= 11 is 3.59. The fourth-order valence-corrected chi connectivity index (χ4v) is 3.28. The molecular weight excluding hydrogens is 328 g/mol. The molecule has 0 spiro atoms. The molecule has 2 atom stereocenters. The van der Waals surface area contributed by atoms with E-state index in [0.29, 0.717) is 5.92 Å². The maximum atomic E-state index is 5.85. The Balaban J connectivity index is 2.13. The van der Waals surface area contributed by atoms with Crippen molar-refractivity contribution in [2.75, 3.05) is 24.5 Å². The predicted octanol–water partition coefficient (Wildman–Crippen LogP) is 3.81. The van der Waals surface area contributed by atoms with Crippen LogP contribution in [0, 0.1) is 5.92 Å². The van der Waals surface area contributed by atoms with E-state index >= 15 is 0 Å². The van der Waals surface area contributed by atoms with Crippen molar-refractivity contribution < 1.29 is 4.74 Å². The fraction of sp³-hybridized carbons (Fsp3) is 0.647. The SMILES string of the molecule is CC(C)CNCc1cc(Br)ccc1N1C[C@@H](C)O[C@@H](C)C1. The Morgan fingerprint density at radius 2 is 1.95 bits per heavy atom. The van der Waals surface area contributed by atoms with E-state index in [9.17, 15) is 0 Å². The molecule has 0 amide bonds. The maximum absolute atomic E-state index is 5.85. The van der Waals surface area contributed by atoms with Gasteiger partial charge in [0.05, 0.1) is 12.2 Å². The van der Waals surface area contributed by atoms with Crippen molar-refractivity contribution in [1.82, 2.24) is 5.32 Å². The smallest absolute Gasteiger partial charge is 0.0726 e. The quantitative estimate of drug-likeness (QED) is 0.869. The minimum atomic E-state index is 0.286. The number of halogens is 1. The van der Waals surface area contributed by atoms with Crippen molar-refractivity contribution in [3.05, 3.63) is 28.2 Å². The highest BCUT2D eigenvalue weighted by molar-refractivity contribution is 9.10. The number of nitrogens with one attached hydrogen (secondary N) is 1. The maximum Gasteiger partial charge on any atom is 0.0726 e. The number of rotatable bonds is 5. The first-order chi connectivity index (χ1) is 9.95. The molecule has 0 aromatic heterocycles. The van der Waals surface area contributed by atoms with E-state index in [-0.39, 0.29) is 12.2 Å².